The highest BCUT2D eigenvalue weighted by Gasteiger charge is 2.14. The molecular formula is C14H8BrClF2O. The quantitative estimate of drug-likeness (QED) is 0.730. The molecule has 0 aliphatic heterocycles. The Balaban J connectivity index is 2.28. The maximum absolute atomic E-state index is 13.5. The molecule has 0 N–H and O–H groups in total. The summed E-state index contributed by atoms with van der Waals surface area (Å²) in [6, 6.07) is 7.79. The normalized spacial score (nSPS) is 10.5. The Bertz CT molecular complexity index is 643. The fourth-order valence-corrected chi connectivity index (χ4v) is 2.43. The van der Waals surface area contributed by atoms with E-state index in [1.54, 1.807) is 0 Å². The van der Waals surface area contributed by atoms with E-state index in [-0.39, 0.29) is 17.8 Å². The van der Waals surface area contributed by atoms with Gasteiger partial charge in [-0.3, -0.25) is 4.79 Å². The van der Waals surface area contributed by atoms with E-state index in [1.807, 2.05) is 0 Å². The first-order valence-electron chi connectivity index (χ1n) is 5.39. The zero-order valence-corrected chi connectivity index (χ0v) is 11.9. The first-order chi connectivity index (χ1) is 8.97. The van der Waals surface area contributed by atoms with Gasteiger partial charge in [-0.15, -0.1) is 0 Å². The number of rotatable bonds is 3. The average molecular weight is 346 g/mol. The van der Waals surface area contributed by atoms with Crippen molar-refractivity contribution < 1.29 is 13.6 Å². The molecule has 2 aromatic carbocycles. The van der Waals surface area contributed by atoms with Crippen molar-refractivity contribution in [2.24, 2.45) is 0 Å². The van der Waals surface area contributed by atoms with E-state index in [2.05, 4.69) is 15.9 Å². The third kappa shape index (κ3) is 3.39. The third-order valence-corrected chi connectivity index (χ3v) is 3.48. The summed E-state index contributed by atoms with van der Waals surface area (Å²) in [6.07, 6.45) is -0.128. The van der Waals surface area contributed by atoms with E-state index in [1.165, 1.54) is 36.4 Å². The lowest BCUT2D eigenvalue weighted by atomic mass is 10.0. The van der Waals surface area contributed by atoms with Crippen LogP contribution >= 0.6 is 27.5 Å². The molecule has 0 aliphatic rings. The van der Waals surface area contributed by atoms with E-state index in [0.29, 0.717) is 15.1 Å². The highest BCUT2D eigenvalue weighted by Crippen LogP contribution is 2.22. The molecule has 2 aromatic rings. The molecule has 2 rings (SSSR count). The van der Waals surface area contributed by atoms with Crippen LogP contribution in [0.25, 0.3) is 0 Å². The monoisotopic (exact) mass is 344 g/mol. The molecule has 0 amide bonds. The van der Waals surface area contributed by atoms with Gasteiger partial charge in [-0.2, -0.15) is 0 Å². The van der Waals surface area contributed by atoms with Gasteiger partial charge in [0.15, 0.2) is 5.78 Å². The molecule has 5 heteroatoms. The lowest BCUT2D eigenvalue weighted by molar-refractivity contribution is 0.0991. The Labute approximate surface area is 122 Å². The van der Waals surface area contributed by atoms with Crippen LogP contribution in [0.1, 0.15) is 15.9 Å². The summed E-state index contributed by atoms with van der Waals surface area (Å²) < 4.78 is 26.8. The molecule has 0 spiro atoms. The number of Topliss-reactive ketones (excluding diaryl/α,β-unsaturated/α-hetero) is 1. The van der Waals surface area contributed by atoms with E-state index in [4.69, 9.17) is 11.6 Å². The Morgan fingerprint density at radius 1 is 1.16 bits per heavy atom. The summed E-state index contributed by atoms with van der Waals surface area (Å²) in [5.41, 5.74) is 0.523. The minimum absolute atomic E-state index is 0.128. The number of benzene rings is 2. The van der Waals surface area contributed by atoms with Crippen LogP contribution in [0.5, 0.6) is 0 Å². The summed E-state index contributed by atoms with van der Waals surface area (Å²) in [5, 5.41) is 0.363. The second-order valence-corrected chi connectivity index (χ2v) is 5.25. The fourth-order valence-electron chi connectivity index (χ4n) is 1.66. The van der Waals surface area contributed by atoms with Gasteiger partial charge in [0.1, 0.15) is 11.6 Å². The van der Waals surface area contributed by atoms with Gasteiger partial charge in [0.2, 0.25) is 0 Å². The van der Waals surface area contributed by atoms with Gasteiger partial charge < -0.3 is 0 Å². The Hall–Kier alpha value is -1.26. The molecule has 0 fully saturated rings. The lowest BCUT2D eigenvalue weighted by Crippen LogP contribution is -2.06. The number of carbonyl (C=O) groups excluding carboxylic acids is 1. The Kier molecular flexibility index (Phi) is 4.32. The molecule has 98 valence electrons. The van der Waals surface area contributed by atoms with Gasteiger partial charge in [-0.25, -0.2) is 8.78 Å². The van der Waals surface area contributed by atoms with Crippen molar-refractivity contribution in [3.63, 3.8) is 0 Å². The lowest BCUT2D eigenvalue weighted by Gasteiger charge is -2.06. The molecule has 0 atom stereocenters. The molecule has 0 saturated heterocycles. The van der Waals surface area contributed by atoms with Crippen LogP contribution in [0, 0.1) is 11.6 Å². The Morgan fingerprint density at radius 3 is 2.58 bits per heavy atom. The summed E-state index contributed by atoms with van der Waals surface area (Å²) >= 11 is 8.87. The third-order valence-electron chi connectivity index (χ3n) is 2.59. The molecule has 0 radical (unpaired) electrons. The second-order valence-electron chi connectivity index (χ2n) is 3.96. The second kappa shape index (κ2) is 5.80. The summed E-state index contributed by atoms with van der Waals surface area (Å²) in [5.74, 6) is -1.25. The maximum atomic E-state index is 13.5. The molecule has 0 aromatic heterocycles. The summed E-state index contributed by atoms with van der Waals surface area (Å²) in [7, 11) is 0. The molecule has 0 heterocycles. The van der Waals surface area contributed by atoms with E-state index in [9.17, 15) is 13.6 Å². The largest absolute Gasteiger partial charge is 0.294 e. The van der Waals surface area contributed by atoms with Gasteiger partial charge >= 0.3 is 0 Å². The average Bonchev–Trinajstić information content (AvgIpc) is 2.33. The van der Waals surface area contributed by atoms with Crippen LogP contribution in [-0.2, 0) is 6.42 Å². The van der Waals surface area contributed by atoms with Crippen LogP contribution in [0.15, 0.2) is 40.9 Å². The zero-order chi connectivity index (χ0) is 14.0. The van der Waals surface area contributed by atoms with E-state index >= 15 is 0 Å². The molecule has 0 bridgehead atoms. The maximum Gasteiger partial charge on any atom is 0.168 e. The van der Waals surface area contributed by atoms with Gasteiger partial charge in [0.05, 0.1) is 0 Å². The number of hydrogen-bond acceptors (Lipinski definition) is 1. The van der Waals surface area contributed by atoms with Gasteiger partial charge in [0, 0.05) is 21.5 Å². The minimum Gasteiger partial charge on any atom is -0.294 e. The van der Waals surface area contributed by atoms with Crippen molar-refractivity contribution in [3.8, 4) is 0 Å². The van der Waals surface area contributed by atoms with Crippen molar-refractivity contribution in [1.82, 2.24) is 0 Å². The Morgan fingerprint density at radius 2 is 1.89 bits per heavy atom. The van der Waals surface area contributed by atoms with Crippen LogP contribution in [0.2, 0.25) is 5.02 Å². The van der Waals surface area contributed by atoms with Crippen molar-refractivity contribution in [2.45, 2.75) is 6.42 Å². The molecule has 19 heavy (non-hydrogen) atoms. The van der Waals surface area contributed by atoms with Crippen molar-refractivity contribution >= 4 is 33.3 Å². The van der Waals surface area contributed by atoms with Crippen molar-refractivity contribution in [3.05, 3.63) is 68.7 Å². The molecule has 0 unspecified atom stereocenters. The highest BCUT2D eigenvalue weighted by molar-refractivity contribution is 9.10. The molecule has 1 nitrogen and oxygen atoms in total. The summed E-state index contributed by atoms with van der Waals surface area (Å²) in [4.78, 5) is 12.0. The number of hydrogen-bond donors (Lipinski definition) is 0. The van der Waals surface area contributed by atoms with Gasteiger partial charge in [0.25, 0.3) is 0 Å². The topological polar surface area (TPSA) is 17.1 Å². The minimum atomic E-state index is -0.490. The summed E-state index contributed by atoms with van der Waals surface area (Å²) in [6.45, 7) is 0. The number of halogens is 4. The van der Waals surface area contributed by atoms with Gasteiger partial charge in [-0.1, -0.05) is 11.6 Å². The molecular weight excluding hydrogens is 338 g/mol. The molecule has 0 aliphatic carbocycles. The number of carbonyl (C=O) groups is 1. The first kappa shape index (κ1) is 14.2. The predicted molar refractivity (Wildman–Crippen MR) is 73.5 cm³/mol. The first-order valence-corrected chi connectivity index (χ1v) is 6.56. The highest BCUT2D eigenvalue weighted by atomic mass is 79.9. The van der Waals surface area contributed by atoms with Crippen molar-refractivity contribution in [1.29, 1.82) is 0 Å². The van der Waals surface area contributed by atoms with E-state index < -0.39 is 11.6 Å². The standard InChI is InChI=1S/C14H8BrClF2O/c15-12-7-10(17)2-3-11(12)14(19)6-8-5-9(16)1-4-13(8)18/h1-5,7H,6H2. The zero-order valence-electron chi connectivity index (χ0n) is 9.59. The molecule has 0 saturated carbocycles. The van der Waals surface area contributed by atoms with Crippen LogP contribution in [0.4, 0.5) is 8.78 Å². The van der Waals surface area contributed by atoms with E-state index in [0.717, 1.165) is 0 Å². The van der Waals surface area contributed by atoms with Crippen LogP contribution in [-0.4, -0.2) is 5.78 Å². The van der Waals surface area contributed by atoms with Crippen LogP contribution in [0.3, 0.4) is 0 Å². The predicted octanol–water partition coefficient (Wildman–Crippen LogP) is 4.81. The fraction of sp³-hybridized carbons (Fsp3) is 0.0714. The van der Waals surface area contributed by atoms with Crippen molar-refractivity contribution in [2.75, 3.05) is 0 Å². The van der Waals surface area contributed by atoms with Crippen LogP contribution < -0.4 is 0 Å². The SMILES string of the molecule is O=C(Cc1cc(Cl)ccc1F)c1ccc(F)cc1Br. The van der Waals surface area contributed by atoms with Gasteiger partial charge in [-0.05, 0) is 57.9 Å². The smallest absolute Gasteiger partial charge is 0.168 e. The number of ketones is 1.